The minimum absolute atomic E-state index is 1.11. The van der Waals surface area contributed by atoms with Crippen molar-refractivity contribution in [3.8, 4) is 11.1 Å². The summed E-state index contributed by atoms with van der Waals surface area (Å²) in [5.41, 5.74) is 6.94. The fraction of sp³-hybridized carbons (Fsp3) is 0.100. The smallest absolute Gasteiger partial charge is 0.0462 e. The van der Waals surface area contributed by atoms with Crippen LogP contribution in [0, 0.1) is 0 Å². The zero-order valence-corrected chi connectivity index (χ0v) is 11.7. The van der Waals surface area contributed by atoms with Gasteiger partial charge in [-0.15, -0.1) is 0 Å². The Hall–Kier alpha value is -2.54. The molecule has 100 valence electrons. The minimum atomic E-state index is 1.11. The van der Waals surface area contributed by atoms with E-state index in [9.17, 15) is 0 Å². The van der Waals surface area contributed by atoms with E-state index in [1.807, 2.05) is 0 Å². The van der Waals surface area contributed by atoms with Gasteiger partial charge >= 0.3 is 0 Å². The number of hydrogen-bond acceptors (Lipinski definition) is 0. The topological polar surface area (TPSA) is 15.8 Å². The van der Waals surface area contributed by atoms with Crippen molar-refractivity contribution in [1.29, 1.82) is 0 Å². The van der Waals surface area contributed by atoms with Crippen molar-refractivity contribution in [1.82, 2.24) is 4.98 Å². The highest BCUT2D eigenvalue weighted by Crippen LogP contribution is 2.40. The number of aryl methyl sites for hydroxylation is 2. The zero-order valence-electron chi connectivity index (χ0n) is 11.7. The fourth-order valence-electron chi connectivity index (χ4n) is 3.68. The van der Waals surface area contributed by atoms with Crippen molar-refractivity contribution in [2.24, 2.45) is 0 Å². The molecule has 0 aliphatic heterocycles. The molecule has 5 rings (SSSR count). The van der Waals surface area contributed by atoms with Crippen LogP contribution >= 0.6 is 0 Å². The van der Waals surface area contributed by atoms with Crippen molar-refractivity contribution in [3.63, 3.8) is 0 Å². The van der Waals surface area contributed by atoms with Crippen LogP contribution in [0.15, 0.2) is 60.7 Å². The number of aromatic amines is 1. The second-order valence-electron chi connectivity index (χ2n) is 5.88. The van der Waals surface area contributed by atoms with Gasteiger partial charge in [0.25, 0.3) is 0 Å². The molecule has 0 amide bonds. The summed E-state index contributed by atoms with van der Waals surface area (Å²) in [6.07, 6.45) is 2.23. The van der Waals surface area contributed by atoms with Gasteiger partial charge in [-0.05, 0) is 46.9 Å². The molecular formula is C20H15N. The predicted octanol–water partition coefficient (Wildman–Crippen LogP) is 5.09. The van der Waals surface area contributed by atoms with Gasteiger partial charge in [0.15, 0.2) is 0 Å². The van der Waals surface area contributed by atoms with Crippen LogP contribution in [-0.4, -0.2) is 4.98 Å². The average Bonchev–Trinajstić information content (AvgIpc) is 2.92. The number of aromatic nitrogens is 1. The summed E-state index contributed by atoms with van der Waals surface area (Å²) in [4.78, 5) is 3.60. The first-order valence-corrected chi connectivity index (χ1v) is 7.52. The van der Waals surface area contributed by atoms with Crippen LogP contribution in [0.1, 0.15) is 11.3 Å². The number of H-pyrrole nitrogens is 1. The summed E-state index contributed by atoms with van der Waals surface area (Å²) in [6, 6.07) is 22.0. The number of fused-ring (bicyclic) bond motifs is 6. The summed E-state index contributed by atoms with van der Waals surface area (Å²) >= 11 is 0. The monoisotopic (exact) mass is 269 g/mol. The van der Waals surface area contributed by atoms with E-state index < -0.39 is 0 Å². The van der Waals surface area contributed by atoms with Crippen LogP contribution in [0.3, 0.4) is 0 Å². The Morgan fingerprint density at radius 2 is 1.52 bits per heavy atom. The normalized spacial score (nSPS) is 13.3. The third kappa shape index (κ3) is 1.52. The summed E-state index contributed by atoms with van der Waals surface area (Å²) in [7, 11) is 0. The van der Waals surface area contributed by atoms with Crippen LogP contribution in [-0.2, 0) is 12.8 Å². The van der Waals surface area contributed by atoms with Crippen molar-refractivity contribution >= 4 is 21.7 Å². The number of nitrogens with one attached hydrogen (secondary N) is 1. The molecule has 21 heavy (non-hydrogen) atoms. The lowest BCUT2D eigenvalue weighted by molar-refractivity contribution is 0.916. The van der Waals surface area contributed by atoms with Crippen LogP contribution in [0.2, 0.25) is 0 Å². The third-order valence-electron chi connectivity index (χ3n) is 4.67. The van der Waals surface area contributed by atoms with Crippen LogP contribution in [0.4, 0.5) is 0 Å². The molecule has 3 aromatic carbocycles. The van der Waals surface area contributed by atoms with Gasteiger partial charge in [-0.2, -0.15) is 0 Å². The largest absolute Gasteiger partial charge is 0.358 e. The van der Waals surface area contributed by atoms with Crippen molar-refractivity contribution in [2.75, 3.05) is 0 Å². The summed E-state index contributed by atoms with van der Waals surface area (Å²) in [6.45, 7) is 0. The maximum Gasteiger partial charge on any atom is 0.0462 e. The molecule has 0 spiro atoms. The molecule has 0 fully saturated rings. The Kier molecular flexibility index (Phi) is 2.12. The Balaban J connectivity index is 1.91. The molecule has 1 aromatic heterocycles. The van der Waals surface area contributed by atoms with E-state index in [2.05, 4.69) is 65.6 Å². The quantitative estimate of drug-likeness (QED) is 0.458. The SMILES string of the molecule is c1ccc2cc3c(cc2c1)CCc1[nH]c2ccccc2c1-3. The van der Waals surface area contributed by atoms with Crippen molar-refractivity contribution < 1.29 is 0 Å². The molecule has 1 N–H and O–H groups in total. The summed E-state index contributed by atoms with van der Waals surface area (Å²) in [5, 5.41) is 4.03. The van der Waals surface area contributed by atoms with Gasteiger partial charge in [-0.25, -0.2) is 0 Å². The number of hydrogen-bond donors (Lipinski definition) is 1. The first kappa shape index (κ1) is 11.2. The molecular weight excluding hydrogens is 254 g/mol. The fourth-order valence-corrected chi connectivity index (χ4v) is 3.68. The molecule has 0 saturated heterocycles. The average molecular weight is 269 g/mol. The maximum absolute atomic E-state index is 3.60. The lowest BCUT2D eigenvalue weighted by atomic mass is 9.86. The molecule has 0 saturated carbocycles. The number of rotatable bonds is 0. The highest BCUT2D eigenvalue weighted by atomic mass is 14.7. The zero-order chi connectivity index (χ0) is 13.8. The summed E-state index contributed by atoms with van der Waals surface area (Å²) in [5.74, 6) is 0. The van der Waals surface area contributed by atoms with Crippen molar-refractivity contribution in [2.45, 2.75) is 12.8 Å². The highest BCUT2D eigenvalue weighted by molar-refractivity contribution is 6.01. The van der Waals surface area contributed by atoms with Gasteiger partial charge in [0.2, 0.25) is 0 Å². The molecule has 0 radical (unpaired) electrons. The van der Waals surface area contributed by atoms with E-state index in [4.69, 9.17) is 0 Å². The van der Waals surface area contributed by atoms with Gasteiger partial charge in [-0.1, -0.05) is 48.5 Å². The molecule has 1 aliphatic carbocycles. The van der Waals surface area contributed by atoms with E-state index in [1.54, 1.807) is 0 Å². The van der Waals surface area contributed by atoms with Crippen LogP contribution in [0.25, 0.3) is 32.8 Å². The van der Waals surface area contributed by atoms with E-state index in [-0.39, 0.29) is 0 Å². The van der Waals surface area contributed by atoms with Gasteiger partial charge < -0.3 is 4.98 Å². The van der Waals surface area contributed by atoms with Gasteiger partial charge in [0.05, 0.1) is 0 Å². The number of benzene rings is 3. The van der Waals surface area contributed by atoms with Gasteiger partial charge in [0.1, 0.15) is 0 Å². The lowest BCUT2D eigenvalue weighted by Crippen LogP contribution is -2.03. The maximum atomic E-state index is 3.60. The first-order chi connectivity index (χ1) is 10.4. The van der Waals surface area contributed by atoms with Crippen molar-refractivity contribution in [3.05, 3.63) is 71.9 Å². The Bertz CT molecular complexity index is 991. The van der Waals surface area contributed by atoms with Crippen LogP contribution < -0.4 is 0 Å². The minimum Gasteiger partial charge on any atom is -0.358 e. The third-order valence-corrected chi connectivity index (χ3v) is 4.67. The van der Waals surface area contributed by atoms with E-state index in [0.29, 0.717) is 0 Å². The molecule has 1 nitrogen and oxygen atoms in total. The van der Waals surface area contributed by atoms with Gasteiger partial charge in [0, 0.05) is 22.2 Å². The first-order valence-electron chi connectivity index (χ1n) is 7.52. The molecule has 1 heterocycles. The van der Waals surface area contributed by atoms with Crippen LogP contribution in [0.5, 0.6) is 0 Å². The second kappa shape index (κ2) is 3.98. The molecule has 1 heteroatoms. The molecule has 0 bridgehead atoms. The Morgan fingerprint density at radius 1 is 0.762 bits per heavy atom. The summed E-state index contributed by atoms with van der Waals surface area (Å²) < 4.78 is 0. The molecule has 0 atom stereocenters. The lowest BCUT2D eigenvalue weighted by Gasteiger charge is -2.18. The molecule has 4 aromatic rings. The Labute approximate surface area is 123 Å². The van der Waals surface area contributed by atoms with E-state index >= 15 is 0 Å². The second-order valence-corrected chi connectivity index (χ2v) is 5.88. The van der Waals surface area contributed by atoms with Gasteiger partial charge in [-0.3, -0.25) is 0 Å². The highest BCUT2D eigenvalue weighted by Gasteiger charge is 2.20. The predicted molar refractivity (Wildman–Crippen MR) is 88.6 cm³/mol. The van der Waals surface area contributed by atoms with E-state index in [0.717, 1.165) is 12.8 Å². The van der Waals surface area contributed by atoms with E-state index in [1.165, 1.54) is 44.1 Å². The molecule has 1 aliphatic rings. The standard InChI is InChI=1S/C20H15N/c1-2-6-14-12-17-15(11-13(14)5-1)9-10-19-20(17)16-7-3-4-8-18(16)21-19/h1-8,11-12,21H,9-10H2. The molecule has 0 unspecified atom stereocenters. The number of para-hydroxylation sites is 1. The Morgan fingerprint density at radius 3 is 2.43 bits per heavy atom.